The molecule has 3 heteroatoms. The standard InChI is InChI=1S/C24H31N2O/c1-16(2)19-10-8-11-20(17(3)4)24(19)26-14-22(25(6)15-26)21-12-9-13-23(27-7)18(21)5/h8-17H,1-7H3/q+1. The van der Waals surface area contributed by atoms with Gasteiger partial charge < -0.3 is 4.74 Å². The third-order valence-electron chi connectivity index (χ3n) is 5.32. The lowest BCUT2D eigenvalue weighted by Crippen LogP contribution is -2.28. The molecule has 1 aromatic heterocycles. The zero-order chi connectivity index (χ0) is 19.7. The van der Waals surface area contributed by atoms with Gasteiger partial charge in [-0.25, -0.2) is 9.13 Å². The Hall–Kier alpha value is -2.55. The molecule has 0 amide bonds. The first-order chi connectivity index (χ1) is 12.8. The van der Waals surface area contributed by atoms with E-state index in [4.69, 9.17) is 4.74 Å². The summed E-state index contributed by atoms with van der Waals surface area (Å²) in [5.41, 5.74) is 7.61. The maximum atomic E-state index is 5.52. The third-order valence-corrected chi connectivity index (χ3v) is 5.32. The molecule has 0 N–H and O–H groups in total. The molecule has 2 aromatic carbocycles. The summed E-state index contributed by atoms with van der Waals surface area (Å²) in [5, 5.41) is 0. The maximum Gasteiger partial charge on any atom is 0.249 e. The van der Waals surface area contributed by atoms with Crippen LogP contribution in [0.1, 0.15) is 56.2 Å². The average molecular weight is 364 g/mol. The Morgan fingerprint density at radius 2 is 1.52 bits per heavy atom. The second-order valence-corrected chi connectivity index (χ2v) is 7.88. The molecule has 142 valence electrons. The maximum absolute atomic E-state index is 5.52. The van der Waals surface area contributed by atoms with Gasteiger partial charge in [-0.15, -0.1) is 0 Å². The number of ether oxygens (including phenoxy) is 1. The highest BCUT2D eigenvalue weighted by atomic mass is 16.5. The van der Waals surface area contributed by atoms with Crippen LogP contribution in [0.4, 0.5) is 0 Å². The minimum Gasteiger partial charge on any atom is -0.496 e. The fourth-order valence-corrected chi connectivity index (χ4v) is 3.81. The predicted molar refractivity (Wildman–Crippen MR) is 112 cm³/mol. The van der Waals surface area contributed by atoms with Crippen molar-refractivity contribution < 1.29 is 9.30 Å². The van der Waals surface area contributed by atoms with Gasteiger partial charge in [0, 0.05) is 22.3 Å². The van der Waals surface area contributed by atoms with Gasteiger partial charge in [-0.05, 0) is 24.8 Å². The van der Waals surface area contributed by atoms with E-state index < -0.39 is 0 Å². The summed E-state index contributed by atoms with van der Waals surface area (Å²) in [6.45, 7) is 11.2. The van der Waals surface area contributed by atoms with Crippen LogP contribution in [0.15, 0.2) is 48.9 Å². The number of hydrogen-bond donors (Lipinski definition) is 0. The van der Waals surface area contributed by atoms with Crippen LogP contribution in [-0.2, 0) is 7.05 Å². The van der Waals surface area contributed by atoms with Crippen LogP contribution < -0.4 is 9.30 Å². The average Bonchev–Trinajstić information content (AvgIpc) is 3.02. The van der Waals surface area contributed by atoms with Gasteiger partial charge in [0.05, 0.1) is 14.2 Å². The predicted octanol–water partition coefficient (Wildman–Crippen LogP) is 5.53. The molecule has 0 aliphatic heterocycles. The number of hydrogen-bond acceptors (Lipinski definition) is 1. The highest BCUT2D eigenvalue weighted by molar-refractivity contribution is 5.65. The summed E-state index contributed by atoms with van der Waals surface area (Å²) >= 11 is 0. The molecule has 0 saturated heterocycles. The molecule has 0 atom stereocenters. The molecule has 0 unspecified atom stereocenters. The van der Waals surface area contributed by atoms with Crippen molar-refractivity contribution in [3.63, 3.8) is 0 Å². The van der Waals surface area contributed by atoms with Crippen molar-refractivity contribution in [1.82, 2.24) is 4.57 Å². The molecule has 0 bridgehead atoms. The van der Waals surface area contributed by atoms with Gasteiger partial charge in [-0.2, -0.15) is 0 Å². The van der Waals surface area contributed by atoms with E-state index in [0.29, 0.717) is 11.8 Å². The Kier molecular flexibility index (Phi) is 5.41. The number of aromatic nitrogens is 2. The lowest BCUT2D eigenvalue weighted by Gasteiger charge is -2.16. The van der Waals surface area contributed by atoms with E-state index >= 15 is 0 Å². The van der Waals surface area contributed by atoms with Crippen LogP contribution in [0.5, 0.6) is 5.75 Å². The number of nitrogens with zero attached hydrogens (tertiary/aromatic N) is 2. The number of aryl methyl sites for hydroxylation is 1. The quantitative estimate of drug-likeness (QED) is 0.545. The number of methoxy groups -OCH3 is 1. The van der Waals surface area contributed by atoms with E-state index in [0.717, 1.165) is 11.3 Å². The van der Waals surface area contributed by atoms with Crippen molar-refractivity contribution in [3.05, 3.63) is 65.6 Å². The molecule has 3 nitrogen and oxygen atoms in total. The first-order valence-electron chi connectivity index (χ1n) is 9.69. The van der Waals surface area contributed by atoms with Gasteiger partial charge in [-0.3, -0.25) is 0 Å². The Morgan fingerprint density at radius 1 is 0.926 bits per heavy atom. The van der Waals surface area contributed by atoms with Crippen LogP contribution >= 0.6 is 0 Å². The van der Waals surface area contributed by atoms with E-state index in [1.165, 1.54) is 28.1 Å². The zero-order valence-corrected chi connectivity index (χ0v) is 17.6. The fourth-order valence-electron chi connectivity index (χ4n) is 3.81. The Morgan fingerprint density at radius 3 is 2.07 bits per heavy atom. The van der Waals surface area contributed by atoms with Crippen LogP contribution in [0.3, 0.4) is 0 Å². The van der Waals surface area contributed by atoms with Crippen LogP contribution in [0.2, 0.25) is 0 Å². The van der Waals surface area contributed by atoms with Crippen molar-refractivity contribution >= 4 is 0 Å². The summed E-state index contributed by atoms with van der Waals surface area (Å²) in [4.78, 5) is 0. The van der Waals surface area contributed by atoms with E-state index in [9.17, 15) is 0 Å². The van der Waals surface area contributed by atoms with E-state index in [-0.39, 0.29) is 0 Å². The highest BCUT2D eigenvalue weighted by Gasteiger charge is 2.23. The summed E-state index contributed by atoms with van der Waals surface area (Å²) in [5.74, 6) is 1.85. The fraction of sp³-hybridized carbons (Fsp3) is 0.375. The number of imidazole rings is 1. The minimum atomic E-state index is 0.466. The van der Waals surface area contributed by atoms with Gasteiger partial charge in [-0.1, -0.05) is 58.0 Å². The SMILES string of the molecule is COc1cccc(-c2cn(-c3c(C(C)C)cccc3C(C)C)c[n+]2C)c1C. The molecule has 27 heavy (non-hydrogen) atoms. The van der Waals surface area contributed by atoms with Crippen molar-refractivity contribution in [3.8, 4) is 22.7 Å². The van der Waals surface area contributed by atoms with Gasteiger partial charge >= 0.3 is 0 Å². The van der Waals surface area contributed by atoms with E-state index in [1.807, 2.05) is 6.07 Å². The Balaban J connectivity index is 2.22. The molecule has 3 rings (SSSR count). The van der Waals surface area contributed by atoms with Crippen molar-refractivity contribution in [1.29, 1.82) is 0 Å². The number of rotatable bonds is 5. The van der Waals surface area contributed by atoms with Crippen molar-refractivity contribution in [2.75, 3.05) is 7.11 Å². The molecular weight excluding hydrogens is 332 g/mol. The van der Waals surface area contributed by atoms with E-state index in [1.54, 1.807) is 7.11 Å². The molecular formula is C24H31N2O+. The molecule has 1 heterocycles. The highest BCUT2D eigenvalue weighted by Crippen LogP contribution is 2.33. The Labute approximate surface area is 163 Å². The van der Waals surface area contributed by atoms with Gasteiger partial charge in [0.15, 0.2) is 5.69 Å². The van der Waals surface area contributed by atoms with Gasteiger partial charge in [0.1, 0.15) is 17.6 Å². The monoisotopic (exact) mass is 363 g/mol. The Bertz CT molecular complexity index is 925. The van der Waals surface area contributed by atoms with Crippen LogP contribution in [-0.4, -0.2) is 11.7 Å². The lowest BCUT2D eigenvalue weighted by molar-refractivity contribution is -0.659. The smallest absolute Gasteiger partial charge is 0.249 e. The molecule has 0 aliphatic rings. The first-order valence-corrected chi connectivity index (χ1v) is 9.69. The van der Waals surface area contributed by atoms with Crippen LogP contribution in [0.25, 0.3) is 16.9 Å². The largest absolute Gasteiger partial charge is 0.496 e. The van der Waals surface area contributed by atoms with Crippen molar-refractivity contribution in [2.45, 2.75) is 46.5 Å². The molecule has 3 aromatic rings. The van der Waals surface area contributed by atoms with Gasteiger partial charge in [0.25, 0.3) is 0 Å². The number of benzene rings is 2. The minimum absolute atomic E-state index is 0.466. The zero-order valence-electron chi connectivity index (χ0n) is 17.6. The molecule has 0 aliphatic carbocycles. The molecule has 0 spiro atoms. The molecule has 0 fully saturated rings. The molecule has 0 saturated carbocycles. The van der Waals surface area contributed by atoms with Crippen LogP contribution in [0, 0.1) is 6.92 Å². The summed E-state index contributed by atoms with van der Waals surface area (Å²) in [7, 11) is 3.84. The second kappa shape index (κ2) is 7.59. The lowest BCUT2D eigenvalue weighted by atomic mass is 9.92. The first kappa shape index (κ1) is 19.2. The number of para-hydroxylation sites is 1. The van der Waals surface area contributed by atoms with Crippen molar-refractivity contribution in [2.24, 2.45) is 7.05 Å². The second-order valence-electron chi connectivity index (χ2n) is 7.88. The summed E-state index contributed by atoms with van der Waals surface area (Å²) in [6, 6.07) is 12.9. The van der Waals surface area contributed by atoms with E-state index in [2.05, 4.69) is 93.7 Å². The summed E-state index contributed by atoms with van der Waals surface area (Å²) < 4.78 is 10.0. The van der Waals surface area contributed by atoms with Gasteiger partial charge in [0.2, 0.25) is 6.33 Å². The summed E-state index contributed by atoms with van der Waals surface area (Å²) in [6.07, 6.45) is 4.43. The topological polar surface area (TPSA) is 18.0 Å². The normalized spacial score (nSPS) is 11.4. The third kappa shape index (κ3) is 3.51. The molecule has 0 radical (unpaired) electrons.